The summed E-state index contributed by atoms with van der Waals surface area (Å²) in [5.41, 5.74) is 3.61. The molecule has 4 nitrogen and oxygen atoms in total. The van der Waals surface area contributed by atoms with Crippen LogP contribution in [0.5, 0.6) is 0 Å². The third-order valence-electron chi connectivity index (χ3n) is 4.75. The Hall–Kier alpha value is -3.11. The van der Waals surface area contributed by atoms with Gasteiger partial charge in [0.25, 0.3) is 0 Å². The molecular formula is C23H20ClN3O. The minimum Gasteiger partial charge on any atom is -0.348 e. The number of carbonyl (C=O) groups excluding carboxylic acids is 1. The first-order valence-corrected chi connectivity index (χ1v) is 9.56. The zero-order valence-electron chi connectivity index (χ0n) is 15.5. The first kappa shape index (κ1) is 18.3. The molecule has 0 bridgehead atoms. The van der Waals surface area contributed by atoms with E-state index in [1.165, 1.54) is 0 Å². The van der Waals surface area contributed by atoms with Gasteiger partial charge in [-0.3, -0.25) is 4.79 Å². The molecule has 0 spiro atoms. The molecular weight excluding hydrogens is 370 g/mol. The Morgan fingerprint density at radius 2 is 1.68 bits per heavy atom. The van der Waals surface area contributed by atoms with Gasteiger partial charge in [0.15, 0.2) is 0 Å². The van der Waals surface area contributed by atoms with Crippen LogP contribution in [0.1, 0.15) is 18.5 Å². The van der Waals surface area contributed by atoms with Gasteiger partial charge in [0.05, 0.1) is 22.1 Å². The minimum absolute atomic E-state index is 0.0761. The van der Waals surface area contributed by atoms with E-state index in [9.17, 15) is 4.79 Å². The number of nitrogens with one attached hydrogen (secondary N) is 1. The van der Waals surface area contributed by atoms with Crippen molar-refractivity contribution in [2.75, 3.05) is 0 Å². The van der Waals surface area contributed by atoms with E-state index >= 15 is 0 Å². The van der Waals surface area contributed by atoms with Crippen LogP contribution in [-0.4, -0.2) is 15.5 Å². The fourth-order valence-corrected chi connectivity index (χ4v) is 3.56. The van der Waals surface area contributed by atoms with Gasteiger partial charge in [0.2, 0.25) is 5.91 Å². The maximum absolute atomic E-state index is 12.8. The number of rotatable bonds is 5. The molecule has 0 aliphatic rings. The number of benzene rings is 3. The summed E-state index contributed by atoms with van der Waals surface area (Å²) in [7, 11) is 0. The molecule has 1 amide bonds. The van der Waals surface area contributed by atoms with Crippen molar-refractivity contribution in [3.63, 3.8) is 0 Å². The van der Waals surface area contributed by atoms with E-state index in [4.69, 9.17) is 16.6 Å². The number of amides is 1. The molecule has 1 heterocycles. The summed E-state index contributed by atoms with van der Waals surface area (Å²) in [4.78, 5) is 17.5. The molecule has 4 rings (SSSR count). The number of aromatic nitrogens is 2. The SMILES string of the molecule is CC(NC(=O)Cn1c(-c2ccccc2Cl)nc2ccccc21)c1ccccc1. The van der Waals surface area contributed by atoms with Crippen LogP contribution in [0.3, 0.4) is 0 Å². The lowest BCUT2D eigenvalue weighted by Crippen LogP contribution is -2.30. The third-order valence-corrected chi connectivity index (χ3v) is 5.08. The van der Waals surface area contributed by atoms with Crippen molar-refractivity contribution in [3.05, 3.63) is 89.4 Å². The number of nitrogens with zero attached hydrogens (tertiary/aromatic N) is 2. The number of halogens is 1. The summed E-state index contributed by atoms with van der Waals surface area (Å²) >= 11 is 6.41. The Kier molecular flexibility index (Phi) is 5.13. The van der Waals surface area contributed by atoms with Crippen molar-refractivity contribution in [2.24, 2.45) is 0 Å². The van der Waals surface area contributed by atoms with Crippen LogP contribution >= 0.6 is 11.6 Å². The Morgan fingerprint density at radius 3 is 2.46 bits per heavy atom. The number of hydrogen-bond acceptors (Lipinski definition) is 2. The molecule has 0 aliphatic carbocycles. The van der Waals surface area contributed by atoms with Gasteiger partial charge in [-0.15, -0.1) is 0 Å². The second-order valence-electron chi connectivity index (χ2n) is 6.69. The van der Waals surface area contributed by atoms with Gasteiger partial charge >= 0.3 is 0 Å². The highest BCUT2D eigenvalue weighted by molar-refractivity contribution is 6.33. The molecule has 0 saturated carbocycles. The van der Waals surface area contributed by atoms with E-state index < -0.39 is 0 Å². The van der Waals surface area contributed by atoms with Gasteiger partial charge in [-0.2, -0.15) is 0 Å². The topological polar surface area (TPSA) is 46.9 Å². The van der Waals surface area contributed by atoms with E-state index in [0.717, 1.165) is 22.2 Å². The molecule has 0 saturated heterocycles. The molecule has 1 N–H and O–H groups in total. The Balaban J connectivity index is 1.67. The highest BCUT2D eigenvalue weighted by atomic mass is 35.5. The molecule has 28 heavy (non-hydrogen) atoms. The van der Waals surface area contributed by atoms with E-state index in [1.807, 2.05) is 90.4 Å². The van der Waals surface area contributed by atoms with Crippen LogP contribution < -0.4 is 5.32 Å². The second kappa shape index (κ2) is 7.87. The van der Waals surface area contributed by atoms with Crippen LogP contribution in [0.15, 0.2) is 78.9 Å². The van der Waals surface area contributed by atoms with Crippen LogP contribution in [0.25, 0.3) is 22.4 Å². The Bertz CT molecular complexity index is 1120. The van der Waals surface area contributed by atoms with Crippen LogP contribution in [0.2, 0.25) is 5.02 Å². The molecule has 3 aromatic carbocycles. The normalized spacial score (nSPS) is 12.1. The lowest BCUT2D eigenvalue weighted by Gasteiger charge is -2.16. The summed E-state index contributed by atoms with van der Waals surface area (Å²) in [6.07, 6.45) is 0. The number of para-hydroxylation sites is 2. The highest BCUT2D eigenvalue weighted by Crippen LogP contribution is 2.30. The zero-order chi connectivity index (χ0) is 19.5. The first-order chi connectivity index (χ1) is 13.6. The average Bonchev–Trinajstić information content (AvgIpc) is 3.07. The van der Waals surface area contributed by atoms with E-state index in [1.54, 1.807) is 0 Å². The number of imidazole rings is 1. The third kappa shape index (κ3) is 3.64. The Labute approximate surface area is 168 Å². The van der Waals surface area contributed by atoms with E-state index in [2.05, 4.69) is 5.32 Å². The fourth-order valence-electron chi connectivity index (χ4n) is 3.34. The van der Waals surface area contributed by atoms with E-state index in [0.29, 0.717) is 10.8 Å². The summed E-state index contributed by atoms with van der Waals surface area (Å²) in [5, 5.41) is 3.68. The van der Waals surface area contributed by atoms with Crippen LogP contribution in [-0.2, 0) is 11.3 Å². The van der Waals surface area contributed by atoms with Crippen molar-refractivity contribution >= 4 is 28.5 Å². The van der Waals surface area contributed by atoms with Crippen molar-refractivity contribution in [3.8, 4) is 11.4 Å². The van der Waals surface area contributed by atoms with Gasteiger partial charge in [-0.05, 0) is 36.8 Å². The zero-order valence-corrected chi connectivity index (χ0v) is 16.2. The van der Waals surface area contributed by atoms with Gasteiger partial charge in [0.1, 0.15) is 12.4 Å². The number of carbonyl (C=O) groups is 1. The smallest absolute Gasteiger partial charge is 0.240 e. The molecule has 1 unspecified atom stereocenters. The van der Waals surface area contributed by atoms with Crippen molar-refractivity contribution in [2.45, 2.75) is 19.5 Å². The molecule has 5 heteroatoms. The monoisotopic (exact) mass is 389 g/mol. The highest BCUT2D eigenvalue weighted by Gasteiger charge is 2.18. The van der Waals surface area contributed by atoms with Crippen molar-refractivity contribution in [1.82, 2.24) is 14.9 Å². The fraction of sp³-hybridized carbons (Fsp3) is 0.130. The van der Waals surface area contributed by atoms with Crippen LogP contribution in [0, 0.1) is 0 Å². The minimum atomic E-state index is -0.0766. The maximum Gasteiger partial charge on any atom is 0.240 e. The van der Waals surface area contributed by atoms with Gasteiger partial charge < -0.3 is 9.88 Å². The quantitative estimate of drug-likeness (QED) is 0.507. The van der Waals surface area contributed by atoms with Gasteiger partial charge in [0, 0.05) is 5.56 Å². The summed E-state index contributed by atoms with van der Waals surface area (Å²) in [5.74, 6) is 0.613. The predicted octanol–water partition coefficient (Wildman–Crippen LogP) is 5.23. The number of fused-ring (bicyclic) bond motifs is 1. The van der Waals surface area contributed by atoms with Crippen molar-refractivity contribution in [1.29, 1.82) is 0 Å². The Morgan fingerprint density at radius 1 is 1.00 bits per heavy atom. The van der Waals surface area contributed by atoms with Gasteiger partial charge in [-0.1, -0.05) is 66.2 Å². The predicted molar refractivity (Wildman–Crippen MR) is 113 cm³/mol. The first-order valence-electron chi connectivity index (χ1n) is 9.18. The maximum atomic E-state index is 12.8. The molecule has 1 atom stereocenters. The number of hydrogen-bond donors (Lipinski definition) is 1. The van der Waals surface area contributed by atoms with Gasteiger partial charge in [-0.25, -0.2) is 4.98 Å². The second-order valence-corrected chi connectivity index (χ2v) is 7.10. The lowest BCUT2D eigenvalue weighted by molar-refractivity contribution is -0.122. The summed E-state index contributed by atoms with van der Waals surface area (Å²) in [6.45, 7) is 2.15. The van der Waals surface area contributed by atoms with Crippen molar-refractivity contribution < 1.29 is 4.79 Å². The largest absolute Gasteiger partial charge is 0.348 e. The molecule has 0 fully saturated rings. The van der Waals surface area contributed by atoms with Crippen LogP contribution in [0.4, 0.5) is 0 Å². The molecule has 1 aromatic heterocycles. The molecule has 140 valence electrons. The average molecular weight is 390 g/mol. The summed E-state index contributed by atoms with van der Waals surface area (Å²) in [6, 6.07) is 25.2. The molecule has 0 radical (unpaired) electrons. The molecule has 4 aromatic rings. The lowest BCUT2D eigenvalue weighted by atomic mass is 10.1. The molecule has 0 aliphatic heterocycles. The van der Waals surface area contributed by atoms with E-state index in [-0.39, 0.29) is 18.5 Å². The standard InChI is InChI=1S/C23H20ClN3O/c1-16(17-9-3-2-4-10-17)25-22(28)15-27-21-14-8-7-13-20(21)26-23(27)18-11-5-6-12-19(18)24/h2-14,16H,15H2,1H3,(H,25,28). The summed E-state index contributed by atoms with van der Waals surface area (Å²) < 4.78 is 1.92.